The minimum atomic E-state index is -3.52. The van der Waals surface area contributed by atoms with Crippen LogP contribution in [0.1, 0.15) is 54.5 Å². The molecule has 0 fully saturated rings. The van der Waals surface area contributed by atoms with Gasteiger partial charge in [0.25, 0.3) is 0 Å². The fourth-order valence-electron chi connectivity index (χ4n) is 6.94. The maximum Gasteiger partial charge on any atom is 0.234 e. The van der Waals surface area contributed by atoms with Crippen molar-refractivity contribution in [2.45, 2.75) is 32.4 Å². The minimum absolute atomic E-state index is 0.00338. The lowest BCUT2D eigenvalue weighted by Crippen LogP contribution is -2.29. The van der Waals surface area contributed by atoms with Crippen LogP contribution in [-0.4, -0.2) is 95.7 Å². The molecule has 0 aliphatic carbocycles. The third kappa shape index (κ3) is 8.67. The van der Waals surface area contributed by atoms with E-state index in [0.29, 0.717) is 42.2 Å². The van der Waals surface area contributed by atoms with Gasteiger partial charge in [-0.15, -0.1) is 0 Å². The molecule has 59 heavy (non-hydrogen) atoms. The molecule has 0 aromatic heterocycles. The lowest BCUT2D eigenvalue weighted by Gasteiger charge is -2.22. The Kier molecular flexibility index (Phi) is 11.8. The van der Waals surface area contributed by atoms with Crippen LogP contribution in [0.5, 0.6) is 23.0 Å². The van der Waals surface area contributed by atoms with Gasteiger partial charge in [-0.2, -0.15) is 10.5 Å². The molecule has 0 bridgehead atoms. The number of ether oxygens (including phenoxy) is 2. The Hall–Kier alpha value is -6.56. The first-order valence-corrected chi connectivity index (χ1v) is 22.5. The fourth-order valence-corrected chi connectivity index (χ4v) is 9.66. The van der Waals surface area contributed by atoms with E-state index >= 15 is 0 Å². The summed E-state index contributed by atoms with van der Waals surface area (Å²) >= 11 is 0. The SMILES string of the molecule is CCCS(=O)(=O)Cc1cccc(Oc2ccc3c(c2)C2=NCCN2C=N3)c1C#N.CCCS(=O)(=O)N(C)c1cccc(Oc2ccc3c(c2)C2=NCCN2C=N3)c1C#N. The predicted molar refractivity (Wildman–Crippen MR) is 228 cm³/mol. The van der Waals surface area contributed by atoms with Gasteiger partial charge < -0.3 is 19.3 Å². The largest absolute Gasteiger partial charge is 0.456 e. The first-order valence-electron chi connectivity index (χ1n) is 19.0. The number of hydrogen-bond donors (Lipinski definition) is 0. The second-order valence-electron chi connectivity index (χ2n) is 13.9. The topological polar surface area (TPSA) is 193 Å². The smallest absolute Gasteiger partial charge is 0.234 e. The zero-order valence-corrected chi connectivity index (χ0v) is 34.4. The molecule has 17 heteroatoms. The Morgan fingerprint density at radius 3 is 1.76 bits per heavy atom. The van der Waals surface area contributed by atoms with Gasteiger partial charge in [0.05, 0.1) is 65.7 Å². The maximum absolute atomic E-state index is 12.5. The van der Waals surface area contributed by atoms with Crippen molar-refractivity contribution in [2.75, 3.05) is 49.0 Å². The zero-order valence-electron chi connectivity index (χ0n) is 32.7. The van der Waals surface area contributed by atoms with Crippen molar-refractivity contribution in [2.24, 2.45) is 20.0 Å². The Morgan fingerprint density at radius 2 is 1.24 bits per heavy atom. The average molecular weight is 832 g/mol. The first-order chi connectivity index (χ1) is 28.4. The van der Waals surface area contributed by atoms with Gasteiger partial charge in [-0.25, -0.2) is 26.8 Å². The van der Waals surface area contributed by atoms with Gasteiger partial charge >= 0.3 is 0 Å². The summed E-state index contributed by atoms with van der Waals surface area (Å²) in [6, 6.07) is 25.1. The monoisotopic (exact) mass is 831 g/mol. The van der Waals surface area contributed by atoms with Crippen LogP contribution in [0, 0.1) is 22.7 Å². The lowest BCUT2D eigenvalue weighted by atomic mass is 10.1. The number of nitrogens with zero attached hydrogens (tertiary/aromatic N) is 9. The van der Waals surface area contributed by atoms with Crippen molar-refractivity contribution in [1.29, 1.82) is 10.5 Å². The molecule has 0 amide bonds. The average Bonchev–Trinajstić information content (AvgIpc) is 3.92. The number of rotatable bonds is 12. The van der Waals surface area contributed by atoms with Crippen LogP contribution in [0.4, 0.5) is 17.1 Å². The molecule has 4 heterocycles. The molecule has 302 valence electrons. The van der Waals surface area contributed by atoms with Crippen LogP contribution in [0.2, 0.25) is 0 Å². The molecule has 0 radical (unpaired) electrons. The van der Waals surface area contributed by atoms with E-state index in [4.69, 9.17) is 9.47 Å². The highest BCUT2D eigenvalue weighted by molar-refractivity contribution is 7.92. The summed E-state index contributed by atoms with van der Waals surface area (Å²) < 4.78 is 62.5. The lowest BCUT2D eigenvalue weighted by molar-refractivity contribution is 0.480. The van der Waals surface area contributed by atoms with E-state index in [1.54, 1.807) is 68.1 Å². The van der Waals surface area contributed by atoms with Gasteiger partial charge in [-0.05, 0) is 73.0 Å². The number of fused-ring (bicyclic) bond motifs is 6. The summed E-state index contributed by atoms with van der Waals surface area (Å²) in [6.07, 6.45) is 4.59. The highest BCUT2D eigenvalue weighted by Crippen LogP contribution is 2.37. The van der Waals surface area contributed by atoms with E-state index in [1.165, 1.54) is 7.05 Å². The van der Waals surface area contributed by atoms with Crippen LogP contribution in [0.25, 0.3) is 0 Å². The highest BCUT2D eigenvalue weighted by atomic mass is 32.2. The Bertz CT molecular complexity index is 2730. The van der Waals surface area contributed by atoms with E-state index in [9.17, 15) is 27.4 Å². The van der Waals surface area contributed by atoms with Crippen LogP contribution >= 0.6 is 0 Å². The van der Waals surface area contributed by atoms with Gasteiger partial charge in [0.15, 0.2) is 9.84 Å². The Balaban J connectivity index is 0.000000179. The molecule has 8 rings (SSSR count). The molecule has 0 spiro atoms. The first kappa shape index (κ1) is 40.6. The van der Waals surface area contributed by atoms with E-state index in [-0.39, 0.29) is 39.8 Å². The van der Waals surface area contributed by atoms with E-state index in [1.807, 2.05) is 41.0 Å². The van der Waals surface area contributed by atoms with Gasteiger partial charge in [0.2, 0.25) is 10.0 Å². The minimum Gasteiger partial charge on any atom is -0.456 e. The molecule has 4 aliphatic heterocycles. The highest BCUT2D eigenvalue weighted by Gasteiger charge is 2.27. The van der Waals surface area contributed by atoms with E-state index in [2.05, 4.69) is 32.1 Å². The standard InChI is InChI=1S/C21H21N5O3S.C21H20N4O3S/c1-3-11-30(27,28)25(2)19-5-4-6-20(17(19)13-22)29-15-7-8-18-16(12-15)21-23-9-10-26(21)14-24-18;1-2-10-29(26,27)13-15-4-3-5-20(18(15)12-22)28-16-6-7-19-17(11-16)21-23-8-9-25(21)14-24-19/h4-8,12,14H,3,9-11H2,1-2H3;3-7,11,14H,2,8-10,13H2,1H3. The number of aliphatic imine (C=N–C) groups is 4. The van der Waals surface area contributed by atoms with Gasteiger partial charge in [0.1, 0.15) is 52.4 Å². The van der Waals surface area contributed by atoms with Crippen LogP contribution in [0.15, 0.2) is 92.8 Å². The molecular weight excluding hydrogens is 791 g/mol. The Morgan fingerprint density at radius 1 is 0.712 bits per heavy atom. The molecule has 15 nitrogen and oxygen atoms in total. The van der Waals surface area contributed by atoms with Crippen molar-refractivity contribution < 1.29 is 26.3 Å². The fraction of sp³-hybridized carbons (Fsp3) is 0.286. The summed E-state index contributed by atoms with van der Waals surface area (Å²) in [5.74, 6) is 3.32. The summed E-state index contributed by atoms with van der Waals surface area (Å²) in [5.41, 5.74) is 4.50. The van der Waals surface area contributed by atoms with Crippen molar-refractivity contribution >= 4 is 61.3 Å². The molecule has 0 atom stereocenters. The second kappa shape index (κ2) is 17.1. The quantitative estimate of drug-likeness (QED) is 0.149. The summed E-state index contributed by atoms with van der Waals surface area (Å²) in [5, 5.41) is 19.4. The number of nitriles is 2. The summed E-state index contributed by atoms with van der Waals surface area (Å²) in [6.45, 7) is 6.65. The Labute approximate surface area is 343 Å². The van der Waals surface area contributed by atoms with Crippen molar-refractivity contribution in [3.8, 4) is 35.1 Å². The number of hydrogen-bond acceptors (Lipinski definition) is 14. The second-order valence-corrected chi connectivity index (χ2v) is 18.2. The zero-order chi connectivity index (χ0) is 41.7. The van der Waals surface area contributed by atoms with Gasteiger partial charge in [-0.1, -0.05) is 32.0 Å². The normalized spacial score (nSPS) is 14.7. The third-order valence-corrected chi connectivity index (χ3v) is 13.5. The molecule has 4 aliphatic rings. The van der Waals surface area contributed by atoms with Gasteiger partial charge in [0, 0.05) is 31.3 Å². The molecule has 0 N–H and O–H groups in total. The summed E-state index contributed by atoms with van der Waals surface area (Å²) in [7, 11) is -5.34. The maximum atomic E-state index is 12.5. The van der Waals surface area contributed by atoms with Crippen LogP contribution in [-0.2, 0) is 25.6 Å². The number of sulfonamides is 1. The molecular formula is C42H41N9O6S2. The summed E-state index contributed by atoms with van der Waals surface area (Å²) in [4.78, 5) is 21.9. The molecule has 0 saturated heterocycles. The number of anilines is 1. The van der Waals surface area contributed by atoms with Crippen molar-refractivity contribution in [3.05, 3.63) is 101 Å². The third-order valence-electron chi connectivity index (χ3n) is 9.74. The number of amidine groups is 2. The van der Waals surface area contributed by atoms with E-state index < -0.39 is 19.9 Å². The molecule has 0 unspecified atom stereocenters. The number of sulfone groups is 1. The van der Waals surface area contributed by atoms with Crippen molar-refractivity contribution in [3.63, 3.8) is 0 Å². The molecule has 4 aromatic rings. The van der Waals surface area contributed by atoms with E-state index in [0.717, 1.165) is 58.1 Å². The van der Waals surface area contributed by atoms with Crippen LogP contribution in [0.3, 0.4) is 0 Å². The molecule has 4 aromatic carbocycles. The predicted octanol–water partition coefficient (Wildman–Crippen LogP) is 6.67. The van der Waals surface area contributed by atoms with Crippen molar-refractivity contribution in [1.82, 2.24) is 9.80 Å². The van der Waals surface area contributed by atoms with Gasteiger partial charge in [-0.3, -0.25) is 14.3 Å². The van der Waals surface area contributed by atoms with Crippen LogP contribution < -0.4 is 13.8 Å². The molecule has 0 saturated carbocycles. The number of benzene rings is 4.